The molecule has 0 atom stereocenters. The summed E-state index contributed by atoms with van der Waals surface area (Å²) in [6.07, 6.45) is -0.400. The van der Waals surface area contributed by atoms with E-state index >= 15 is 0 Å². The topological polar surface area (TPSA) is 108 Å². The molecule has 1 aromatic heterocycles. The van der Waals surface area contributed by atoms with E-state index in [2.05, 4.69) is 39.7 Å². The molecule has 0 bridgehead atoms. The molecule has 8 heteroatoms. The van der Waals surface area contributed by atoms with Gasteiger partial charge in [-0.15, -0.1) is 5.10 Å². The molecule has 1 saturated heterocycles. The van der Waals surface area contributed by atoms with Gasteiger partial charge in [-0.2, -0.15) is 10.3 Å². The Kier molecular flexibility index (Phi) is 4.04. The highest BCUT2D eigenvalue weighted by Crippen LogP contribution is 2.44. The first-order valence-electron chi connectivity index (χ1n) is 9.37. The molecule has 5 rings (SSSR count). The van der Waals surface area contributed by atoms with Gasteiger partial charge in [0.05, 0.1) is 0 Å². The van der Waals surface area contributed by atoms with Crippen LogP contribution in [0, 0.1) is 0 Å². The van der Waals surface area contributed by atoms with E-state index in [0.717, 1.165) is 11.1 Å². The van der Waals surface area contributed by atoms with E-state index in [9.17, 15) is 9.59 Å². The Morgan fingerprint density at radius 3 is 2.28 bits per heavy atom. The SMILES string of the molecule is O=C(O)c1n[nH]nc1C1CN(C(=O)OCC2c3ccccc3-c3ccccc32)C1. The van der Waals surface area contributed by atoms with Gasteiger partial charge in [0.15, 0.2) is 5.69 Å². The fourth-order valence-corrected chi connectivity index (χ4v) is 4.17. The fourth-order valence-electron chi connectivity index (χ4n) is 4.17. The number of benzene rings is 2. The van der Waals surface area contributed by atoms with E-state index in [-0.39, 0.29) is 24.1 Å². The molecule has 0 saturated carbocycles. The molecule has 2 aromatic carbocycles. The number of nitrogens with zero attached hydrogens (tertiary/aromatic N) is 3. The second-order valence-electron chi connectivity index (χ2n) is 7.27. The van der Waals surface area contributed by atoms with Crippen LogP contribution in [0.2, 0.25) is 0 Å². The molecule has 146 valence electrons. The minimum atomic E-state index is -1.13. The van der Waals surface area contributed by atoms with E-state index in [4.69, 9.17) is 9.84 Å². The summed E-state index contributed by atoms with van der Waals surface area (Å²) in [5, 5.41) is 19.0. The average molecular weight is 390 g/mol. The fraction of sp³-hybridized carbons (Fsp3) is 0.238. The van der Waals surface area contributed by atoms with Crippen LogP contribution in [0.15, 0.2) is 48.5 Å². The number of amides is 1. The summed E-state index contributed by atoms with van der Waals surface area (Å²) in [7, 11) is 0. The number of H-pyrrole nitrogens is 1. The van der Waals surface area contributed by atoms with Crippen molar-refractivity contribution in [2.45, 2.75) is 11.8 Å². The number of carboxylic acid groups (broad SMARTS) is 1. The van der Waals surface area contributed by atoms with Crippen molar-refractivity contribution in [1.29, 1.82) is 0 Å². The number of aromatic amines is 1. The molecule has 3 aromatic rings. The molecule has 0 radical (unpaired) electrons. The number of aromatic carboxylic acids is 1. The summed E-state index contributed by atoms with van der Waals surface area (Å²) in [6, 6.07) is 16.4. The van der Waals surface area contributed by atoms with Gasteiger partial charge >= 0.3 is 12.1 Å². The number of hydrogen-bond donors (Lipinski definition) is 2. The lowest BCUT2D eigenvalue weighted by Gasteiger charge is -2.37. The van der Waals surface area contributed by atoms with Gasteiger partial charge in [0, 0.05) is 24.9 Å². The molecule has 1 aliphatic heterocycles. The molecule has 1 fully saturated rings. The highest BCUT2D eigenvalue weighted by molar-refractivity contribution is 5.86. The van der Waals surface area contributed by atoms with E-state index in [0.29, 0.717) is 18.8 Å². The van der Waals surface area contributed by atoms with Crippen LogP contribution in [-0.2, 0) is 4.74 Å². The zero-order valence-corrected chi connectivity index (χ0v) is 15.4. The third-order valence-corrected chi connectivity index (χ3v) is 5.64. The number of rotatable bonds is 4. The second-order valence-corrected chi connectivity index (χ2v) is 7.27. The lowest BCUT2D eigenvalue weighted by atomic mass is 9.95. The van der Waals surface area contributed by atoms with Crippen LogP contribution in [0.1, 0.15) is 39.1 Å². The minimum Gasteiger partial charge on any atom is -0.476 e. The Balaban J connectivity index is 1.24. The third kappa shape index (κ3) is 2.84. The normalized spacial score (nSPS) is 15.5. The molecule has 2 aliphatic rings. The molecule has 1 amide bonds. The molecule has 0 unspecified atom stereocenters. The maximum absolute atomic E-state index is 12.5. The number of carbonyl (C=O) groups is 2. The highest BCUT2D eigenvalue weighted by Gasteiger charge is 2.38. The van der Waals surface area contributed by atoms with Crippen molar-refractivity contribution in [2.75, 3.05) is 19.7 Å². The molecule has 2 heterocycles. The van der Waals surface area contributed by atoms with Crippen molar-refractivity contribution in [1.82, 2.24) is 20.3 Å². The Hall–Kier alpha value is -3.68. The van der Waals surface area contributed by atoms with Gasteiger partial charge < -0.3 is 14.7 Å². The first kappa shape index (κ1) is 17.4. The van der Waals surface area contributed by atoms with E-state index in [1.54, 1.807) is 4.90 Å². The van der Waals surface area contributed by atoms with Gasteiger partial charge in [0.1, 0.15) is 12.3 Å². The van der Waals surface area contributed by atoms with Gasteiger partial charge in [-0.05, 0) is 22.3 Å². The van der Waals surface area contributed by atoms with Crippen molar-refractivity contribution < 1.29 is 19.4 Å². The number of fused-ring (bicyclic) bond motifs is 3. The number of carbonyl (C=O) groups excluding carboxylic acids is 1. The third-order valence-electron chi connectivity index (χ3n) is 5.64. The van der Waals surface area contributed by atoms with Gasteiger partial charge in [0.2, 0.25) is 0 Å². The van der Waals surface area contributed by atoms with Gasteiger partial charge in [0.25, 0.3) is 0 Å². The van der Waals surface area contributed by atoms with Crippen LogP contribution in [0.25, 0.3) is 11.1 Å². The van der Waals surface area contributed by atoms with Crippen LogP contribution >= 0.6 is 0 Å². The summed E-state index contributed by atoms with van der Waals surface area (Å²) in [5.74, 6) is -1.27. The van der Waals surface area contributed by atoms with Crippen molar-refractivity contribution in [3.8, 4) is 11.1 Å². The zero-order valence-electron chi connectivity index (χ0n) is 15.4. The van der Waals surface area contributed by atoms with Crippen molar-refractivity contribution in [3.05, 3.63) is 71.0 Å². The maximum Gasteiger partial charge on any atom is 0.409 e. The largest absolute Gasteiger partial charge is 0.476 e. The monoisotopic (exact) mass is 390 g/mol. The van der Waals surface area contributed by atoms with Gasteiger partial charge in [-0.25, -0.2) is 9.59 Å². The number of aromatic nitrogens is 3. The lowest BCUT2D eigenvalue weighted by Crippen LogP contribution is -2.49. The standard InChI is InChI=1S/C21H18N4O4/c26-20(27)19-18(22-24-23-19)12-9-25(10-12)21(28)29-11-17-15-7-3-1-5-13(15)14-6-2-4-8-16(14)17/h1-8,12,17H,9-11H2,(H,26,27)(H,22,23,24). The lowest BCUT2D eigenvalue weighted by molar-refractivity contribution is 0.0659. The number of ether oxygens (including phenoxy) is 1. The molecule has 0 spiro atoms. The molecule has 2 N–H and O–H groups in total. The predicted octanol–water partition coefficient (Wildman–Crippen LogP) is 2.85. The van der Waals surface area contributed by atoms with Gasteiger partial charge in [-0.1, -0.05) is 48.5 Å². The Labute approximate surface area is 166 Å². The first-order valence-corrected chi connectivity index (χ1v) is 9.37. The average Bonchev–Trinajstić information content (AvgIpc) is 3.29. The molecule has 8 nitrogen and oxygen atoms in total. The first-order chi connectivity index (χ1) is 14.1. The molecular formula is C21H18N4O4. The molecular weight excluding hydrogens is 372 g/mol. The van der Waals surface area contributed by atoms with E-state index < -0.39 is 12.1 Å². The van der Waals surface area contributed by atoms with Crippen LogP contribution in [-0.4, -0.2) is 57.2 Å². The number of hydrogen-bond acceptors (Lipinski definition) is 5. The quantitative estimate of drug-likeness (QED) is 0.709. The Morgan fingerprint density at radius 2 is 1.66 bits per heavy atom. The molecule has 29 heavy (non-hydrogen) atoms. The minimum absolute atomic E-state index is 0.0116. The van der Waals surface area contributed by atoms with E-state index in [1.807, 2.05) is 24.3 Å². The molecule has 1 aliphatic carbocycles. The summed E-state index contributed by atoms with van der Waals surface area (Å²) in [4.78, 5) is 25.2. The van der Waals surface area contributed by atoms with Crippen molar-refractivity contribution >= 4 is 12.1 Å². The van der Waals surface area contributed by atoms with E-state index in [1.165, 1.54) is 11.1 Å². The second kappa shape index (κ2) is 6.73. The number of nitrogens with one attached hydrogen (secondary N) is 1. The van der Waals surface area contributed by atoms with Crippen LogP contribution in [0.4, 0.5) is 4.79 Å². The Morgan fingerprint density at radius 1 is 1.03 bits per heavy atom. The van der Waals surface area contributed by atoms with Crippen LogP contribution < -0.4 is 0 Å². The smallest absolute Gasteiger partial charge is 0.409 e. The number of likely N-dealkylation sites (tertiary alicyclic amines) is 1. The predicted molar refractivity (Wildman–Crippen MR) is 103 cm³/mol. The van der Waals surface area contributed by atoms with Crippen molar-refractivity contribution in [3.63, 3.8) is 0 Å². The van der Waals surface area contributed by atoms with Crippen molar-refractivity contribution in [2.24, 2.45) is 0 Å². The summed E-state index contributed by atoms with van der Waals surface area (Å²) in [5.41, 5.74) is 4.97. The van der Waals surface area contributed by atoms with Crippen LogP contribution in [0.5, 0.6) is 0 Å². The zero-order chi connectivity index (χ0) is 20.0. The van der Waals surface area contributed by atoms with Gasteiger partial charge in [-0.3, -0.25) is 0 Å². The summed E-state index contributed by atoms with van der Waals surface area (Å²) < 4.78 is 5.61. The highest BCUT2D eigenvalue weighted by atomic mass is 16.6. The summed E-state index contributed by atoms with van der Waals surface area (Å²) >= 11 is 0. The number of carboxylic acids is 1. The Bertz CT molecular complexity index is 1060. The van der Waals surface area contributed by atoms with Crippen LogP contribution in [0.3, 0.4) is 0 Å². The summed E-state index contributed by atoms with van der Waals surface area (Å²) in [6.45, 7) is 0.991. The maximum atomic E-state index is 12.5.